The van der Waals surface area contributed by atoms with Crippen LogP contribution >= 0.6 is 0 Å². The van der Waals surface area contributed by atoms with Crippen LogP contribution in [0.15, 0.2) is 0 Å². The van der Waals surface area contributed by atoms with Gasteiger partial charge in [0.25, 0.3) is 0 Å². The Bertz CT molecular complexity index is 348. The van der Waals surface area contributed by atoms with E-state index in [2.05, 4.69) is 18.9 Å². The summed E-state index contributed by atoms with van der Waals surface area (Å²) in [7, 11) is 2.11. The molecule has 1 amide bonds. The molecular formula is C15H26N2O2. The molecular weight excluding hydrogens is 240 g/mol. The maximum absolute atomic E-state index is 12.5. The SMILES string of the molecule is CC(=O)C1CCN(C(=O)C2CCN(C)CC2)CC1C. The van der Waals surface area contributed by atoms with Gasteiger partial charge in [-0.1, -0.05) is 6.92 Å². The number of piperidine rings is 2. The first-order valence-corrected chi connectivity index (χ1v) is 7.47. The molecule has 108 valence electrons. The van der Waals surface area contributed by atoms with E-state index in [0.29, 0.717) is 11.8 Å². The van der Waals surface area contributed by atoms with Crippen LogP contribution in [0.4, 0.5) is 0 Å². The smallest absolute Gasteiger partial charge is 0.225 e. The van der Waals surface area contributed by atoms with Crippen LogP contribution in [0.5, 0.6) is 0 Å². The predicted octanol–water partition coefficient (Wildman–Crippen LogP) is 1.40. The fourth-order valence-electron chi connectivity index (χ4n) is 3.46. The Kier molecular flexibility index (Phi) is 4.61. The lowest BCUT2D eigenvalue weighted by Crippen LogP contribution is -2.48. The summed E-state index contributed by atoms with van der Waals surface area (Å²) in [6.45, 7) is 7.34. The summed E-state index contributed by atoms with van der Waals surface area (Å²) in [4.78, 5) is 28.3. The van der Waals surface area contributed by atoms with Crippen LogP contribution in [-0.2, 0) is 9.59 Å². The van der Waals surface area contributed by atoms with Gasteiger partial charge in [-0.05, 0) is 52.2 Å². The zero-order chi connectivity index (χ0) is 14.0. The molecule has 2 atom stereocenters. The van der Waals surface area contributed by atoms with Gasteiger partial charge in [-0.25, -0.2) is 0 Å². The molecule has 0 aromatic rings. The minimum atomic E-state index is 0.154. The Morgan fingerprint density at radius 2 is 1.68 bits per heavy atom. The Balaban J connectivity index is 1.89. The van der Waals surface area contributed by atoms with E-state index in [-0.39, 0.29) is 17.6 Å². The van der Waals surface area contributed by atoms with Crippen LogP contribution in [0, 0.1) is 17.8 Å². The lowest BCUT2D eigenvalue weighted by molar-refractivity contribution is -0.141. The van der Waals surface area contributed by atoms with E-state index >= 15 is 0 Å². The number of Topliss-reactive ketones (excluding diaryl/α,β-unsaturated/α-hetero) is 1. The highest BCUT2D eigenvalue weighted by Gasteiger charge is 2.34. The van der Waals surface area contributed by atoms with Crippen LogP contribution in [0.3, 0.4) is 0 Å². The molecule has 2 saturated heterocycles. The summed E-state index contributed by atoms with van der Waals surface area (Å²) in [5, 5.41) is 0. The van der Waals surface area contributed by atoms with Crippen molar-refractivity contribution in [2.45, 2.75) is 33.1 Å². The zero-order valence-corrected chi connectivity index (χ0v) is 12.4. The number of hydrogen-bond donors (Lipinski definition) is 0. The zero-order valence-electron chi connectivity index (χ0n) is 12.4. The Morgan fingerprint density at radius 3 is 2.21 bits per heavy atom. The Labute approximate surface area is 116 Å². The molecule has 0 aromatic heterocycles. The number of carbonyl (C=O) groups is 2. The summed E-state index contributed by atoms with van der Waals surface area (Å²) in [5.74, 6) is 1.26. The fraction of sp³-hybridized carbons (Fsp3) is 0.867. The molecule has 0 radical (unpaired) electrons. The lowest BCUT2D eigenvalue weighted by Gasteiger charge is -2.39. The van der Waals surface area contributed by atoms with Gasteiger partial charge in [-0.2, -0.15) is 0 Å². The molecule has 0 aliphatic carbocycles. The molecule has 19 heavy (non-hydrogen) atoms. The van der Waals surface area contributed by atoms with Crippen molar-refractivity contribution in [2.24, 2.45) is 17.8 Å². The third kappa shape index (κ3) is 3.35. The molecule has 0 spiro atoms. The van der Waals surface area contributed by atoms with Gasteiger partial charge in [-0.15, -0.1) is 0 Å². The number of likely N-dealkylation sites (tertiary alicyclic amines) is 2. The summed E-state index contributed by atoms with van der Waals surface area (Å²) < 4.78 is 0. The van der Waals surface area contributed by atoms with E-state index < -0.39 is 0 Å². The fourth-order valence-corrected chi connectivity index (χ4v) is 3.46. The monoisotopic (exact) mass is 266 g/mol. The average Bonchev–Trinajstić information content (AvgIpc) is 2.38. The Morgan fingerprint density at radius 1 is 1.05 bits per heavy atom. The number of carbonyl (C=O) groups excluding carboxylic acids is 2. The second kappa shape index (κ2) is 6.04. The summed E-state index contributed by atoms with van der Waals surface area (Å²) in [6, 6.07) is 0. The molecule has 0 N–H and O–H groups in total. The predicted molar refractivity (Wildman–Crippen MR) is 74.8 cm³/mol. The van der Waals surface area contributed by atoms with Gasteiger partial charge in [0.1, 0.15) is 5.78 Å². The van der Waals surface area contributed by atoms with E-state index in [9.17, 15) is 9.59 Å². The molecule has 2 unspecified atom stereocenters. The van der Waals surface area contributed by atoms with Crippen molar-refractivity contribution in [3.8, 4) is 0 Å². The highest BCUT2D eigenvalue weighted by Crippen LogP contribution is 2.27. The minimum absolute atomic E-state index is 0.154. The van der Waals surface area contributed by atoms with Crippen LogP contribution in [-0.4, -0.2) is 54.7 Å². The van der Waals surface area contributed by atoms with Gasteiger partial charge in [0.05, 0.1) is 0 Å². The maximum atomic E-state index is 12.5. The van der Waals surface area contributed by atoms with Crippen LogP contribution in [0.2, 0.25) is 0 Å². The number of hydrogen-bond acceptors (Lipinski definition) is 3. The molecule has 2 aliphatic heterocycles. The average molecular weight is 266 g/mol. The highest BCUT2D eigenvalue weighted by atomic mass is 16.2. The Hall–Kier alpha value is -0.900. The summed E-state index contributed by atoms with van der Waals surface area (Å²) in [6.07, 6.45) is 2.81. The molecule has 2 fully saturated rings. The van der Waals surface area contributed by atoms with Crippen molar-refractivity contribution in [2.75, 3.05) is 33.2 Å². The first kappa shape index (κ1) is 14.5. The summed E-state index contributed by atoms with van der Waals surface area (Å²) >= 11 is 0. The van der Waals surface area contributed by atoms with Gasteiger partial charge in [0, 0.05) is 24.9 Å². The molecule has 4 heteroatoms. The molecule has 0 saturated carbocycles. The number of ketones is 1. The molecule has 4 nitrogen and oxygen atoms in total. The van der Waals surface area contributed by atoms with Crippen LogP contribution in [0.25, 0.3) is 0 Å². The van der Waals surface area contributed by atoms with Gasteiger partial charge in [0.15, 0.2) is 0 Å². The van der Waals surface area contributed by atoms with Crippen LogP contribution < -0.4 is 0 Å². The van der Waals surface area contributed by atoms with Crippen molar-refractivity contribution in [1.29, 1.82) is 0 Å². The van der Waals surface area contributed by atoms with E-state index in [1.54, 1.807) is 6.92 Å². The number of amides is 1. The molecule has 2 aliphatic rings. The topological polar surface area (TPSA) is 40.6 Å². The van der Waals surface area contributed by atoms with Crippen molar-refractivity contribution >= 4 is 11.7 Å². The third-order valence-corrected chi connectivity index (χ3v) is 4.81. The quantitative estimate of drug-likeness (QED) is 0.758. The van der Waals surface area contributed by atoms with Crippen LogP contribution in [0.1, 0.15) is 33.1 Å². The van der Waals surface area contributed by atoms with Gasteiger partial charge >= 0.3 is 0 Å². The second-order valence-electron chi connectivity index (χ2n) is 6.34. The van der Waals surface area contributed by atoms with Gasteiger partial charge < -0.3 is 9.80 Å². The lowest BCUT2D eigenvalue weighted by atomic mass is 9.83. The maximum Gasteiger partial charge on any atom is 0.225 e. The molecule has 0 aromatic carbocycles. The van der Waals surface area contributed by atoms with E-state index in [0.717, 1.165) is 45.4 Å². The van der Waals surface area contributed by atoms with Crippen molar-refractivity contribution < 1.29 is 9.59 Å². The van der Waals surface area contributed by atoms with Gasteiger partial charge in [-0.3, -0.25) is 9.59 Å². The molecule has 0 bridgehead atoms. The molecule has 2 heterocycles. The van der Waals surface area contributed by atoms with E-state index in [1.807, 2.05) is 4.90 Å². The van der Waals surface area contributed by atoms with E-state index in [1.165, 1.54) is 0 Å². The normalized spacial score (nSPS) is 30.4. The van der Waals surface area contributed by atoms with Crippen molar-refractivity contribution in [3.05, 3.63) is 0 Å². The largest absolute Gasteiger partial charge is 0.342 e. The van der Waals surface area contributed by atoms with Crippen molar-refractivity contribution in [3.63, 3.8) is 0 Å². The first-order chi connectivity index (χ1) is 8.99. The summed E-state index contributed by atoms with van der Waals surface area (Å²) in [5.41, 5.74) is 0. The number of rotatable bonds is 2. The van der Waals surface area contributed by atoms with E-state index in [4.69, 9.17) is 0 Å². The van der Waals surface area contributed by atoms with Crippen molar-refractivity contribution in [1.82, 2.24) is 9.80 Å². The standard InChI is InChI=1S/C15H26N2O2/c1-11-10-17(9-6-14(11)12(2)18)15(19)13-4-7-16(3)8-5-13/h11,13-14H,4-10H2,1-3H3. The molecule has 2 rings (SSSR count). The second-order valence-corrected chi connectivity index (χ2v) is 6.34. The number of nitrogens with zero attached hydrogens (tertiary/aromatic N) is 2. The highest BCUT2D eigenvalue weighted by molar-refractivity contribution is 5.81. The first-order valence-electron chi connectivity index (χ1n) is 7.47. The minimum Gasteiger partial charge on any atom is -0.342 e. The van der Waals surface area contributed by atoms with Gasteiger partial charge in [0.2, 0.25) is 5.91 Å². The third-order valence-electron chi connectivity index (χ3n) is 4.81.